The van der Waals surface area contributed by atoms with E-state index in [0.29, 0.717) is 11.7 Å². The maximum absolute atomic E-state index is 10.8. The Balaban J connectivity index is 0.00000162. The van der Waals surface area contributed by atoms with E-state index in [1.165, 1.54) is 6.07 Å². The highest BCUT2D eigenvalue weighted by atomic mass is 35.5. The lowest BCUT2D eigenvalue weighted by molar-refractivity contribution is -0.384. The molecule has 1 aliphatic rings. The largest absolute Gasteiger partial charge is 0.364 e. The van der Waals surface area contributed by atoms with Gasteiger partial charge in [0.15, 0.2) is 0 Å². The van der Waals surface area contributed by atoms with Gasteiger partial charge in [0.05, 0.1) is 4.92 Å². The smallest absolute Gasteiger partial charge is 0.311 e. The summed E-state index contributed by atoms with van der Waals surface area (Å²) < 4.78 is 0. The first kappa shape index (κ1) is 14.7. The van der Waals surface area contributed by atoms with Crippen molar-refractivity contribution in [2.75, 3.05) is 25.0 Å². The molecule has 0 radical (unpaired) electrons. The minimum Gasteiger partial charge on any atom is -0.364 e. The number of anilines is 1. The minimum atomic E-state index is -0.405. The van der Waals surface area contributed by atoms with Crippen molar-refractivity contribution in [2.24, 2.45) is 5.92 Å². The number of rotatable bonds is 4. The molecule has 2 heterocycles. The van der Waals surface area contributed by atoms with Gasteiger partial charge in [-0.3, -0.25) is 10.1 Å². The summed E-state index contributed by atoms with van der Waals surface area (Å²) in [4.78, 5) is 14.4. The van der Waals surface area contributed by atoms with E-state index >= 15 is 0 Å². The number of hydrogen-bond donors (Lipinski definition) is 2. The summed E-state index contributed by atoms with van der Waals surface area (Å²) >= 11 is 0. The first-order valence-corrected chi connectivity index (χ1v) is 5.81. The SMILES string of the molecule is Cl.O=[N+]([O-])c1cccnc1NCC1CCNCC1. The lowest BCUT2D eigenvalue weighted by atomic mass is 9.98. The first-order chi connectivity index (χ1) is 8.27. The number of nitrogens with one attached hydrogen (secondary N) is 2. The fraction of sp³-hybridized carbons (Fsp3) is 0.545. The fourth-order valence-electron chi connectivity index (χ4n) is 2.01. The molecule has 1 aromatic heterocycles. The number of halogens is 1. The highest BCUT2D eigenvalue weighted by Gasteiger charge is 2.17. The van der Waals surface area contributed by atoms with Gasteiger partial charge in [-0.25, -0.2) is 4.98 Å². The van der Waals surface area contributed by atoms with Crippen molar-refractivity contribution in [3.8, 4) is 0 Å². The summed E-state index contributed by atoms with van der Waals surface area (Å²) in [5.41, 5.74) is 0.0430. The van der Waals surface area contributed by atoms with Gasteiger partial charge in [-0.1, -0.05) is 0 Å². The van der Waals surface area contributed by atoms with Gasteiger partial charge in [-0.05, 0) is 37.9 Å². The second-order valence-electron chi connectivity index (χ2n) is 4.20. The first-order valence-electron chi connectivity index (χ1n) is 5.81. The van der Waals surface area contributed by atoms with Crippen LogP contribution in [0.1, 0.15) is 12.8 Å². The van der Waals surface area contributed by atoms with Crippen LogP contribution in [0.25, 0.3) is 0 Å². The Labute approximate surface area is 112 Å². The Hall–Kier alpha value is -1.40. The molecule has 0 unspecified atom stereocenters. The maximum atomic E-state index is 10.8. The average molecular weight is 273 g/mol. The molecule has 0 saturated carbocycles. The number of piperidine rings is 1. The lowest BCUT2D eigenvalue weighted by Crippen LogP contribution is -2.31. The number of aromatic nitrogens is 1. The molecule has 1 aliphatic heterocycles. The zero-order valence-electron chi connectivity index (χ0n) is 9.96. The predicted molar refractivity (Wildman–Crippen MR) is 72.2 cm³/mol. The molecule has 6 nitrogen and oxygen atoms in total. The molecule has 1 saturated heterocycles. The molecule has 0 aromatic carbocycles. The van der Waals surface area contributed by atoms with Crippen LogP contribution >= 0.6 is 12.4 Å². The summed E-state index contributed by atoms with van der Waals surface area (Å²) in [5.74, 6) is 0.939. The molecule has 0 bridgehead atoms. The Kier molecular flexibility index (Phi) is 5.80. The molecule has 0 atom stereocenters. The van der Waals surface area contributed by atoms with Crippen LogP contribution in [-0.2, 0) is 0 Å². The normalized spacial score (nSPS) is 15.8. The number of nitro groups is 1. The minimum absolute atomic E-state index is 0. The van der Waals surface area contributed by atoms with Crippen molar-refractivity contribution in [3.05, 3.63) is 28.4 Å². The Bertz CT molecular complexity index is 396. The van der Waals surface area contributed by atoms with Gasteiger partial charge in [0.25, 0.3) is 0 Å². The molecule has 0 aliphatic carbocycles. The molecule has 1 fully saturated rings. The molecule has 2 N–H and O–H groups in total. The van der Waals surface area contributed by atoms with E-state index in [9.17, 15) is 10.1 Å². The molecule has 7 heteroatoms. The van der Waals surface area contributed by atoms with E-state index in [1.807, 2.05) is 0 Å². The van der Waals surface area contributed by atoms with Crippen molar-refractivity contribution in [3.63, 3.8) is 0 Å². The van der Waals surface area contributed by atoms with Crippen LogP contribution in [0.2, 0.25) is 0 Å². The third-order valence-electron chi connectivity index (χ3n) is 3.00. The van der Waals surface area contributed by atoms with Gasteiger partial charge in [-0.2, -0.15) is 0 Å². The van der Waals surface area contributed by atoms with Gasteiger partial charge in [0, 0.05) is 18.8 Å². The van der Waals surface area contributed by atoms with Crippen LogP contribution in [0.15, 0.2) is 18.3 Å². The van der Waals surface area contributed by atoms with Crippen molar-refractivity contribution < 1.29 is 4.92 Å². The molecule has 2 rings (SSSR count). The third kappa shape index (κ3) is 3.82. The van der Waals surface area contributed by atoms with Crippen LogP contribution in [-0.4, -0.2) is 29.5 Å². The van der Waals surface area contributed by atoms with Crippen molar-refractivity contribution in [1.29, 1.82) is 0 Å². The zero-order valence-corrected chi connectivity index (χ0v) is 10.8. The molecule has 100 valence electrons. The Morgan fingerprint density at radius 3 is 2.89 bits per heavy atom. The highest BCUT2D eigenvalue weighted by Crippen LogP contribution is 2.21. The van der Waals surface area contributed by atoms with Crippen LogP contribution < -0.4 is 10.6 Å². The van der Waals surface area contributed by atoms with E-state index in [0.717, 1.165) is 32.5 Å². The van der Waals surface area contributed by atoms with E-state index in [-0.39, 0.29) is 18.1 Å². The lowest BCUT2D eigenvalue weighted by Gasteiger charge is -2.22. The second kappa shape index (κ2) is 7.13. The monoisotopic (exact) mass is 272 g/mol. The molecule has 0 amide bonds. The van der Waals surface area contributed by atoms with Crippen molar-refractivity contribution in [1.82, 2.24) is 10.3 Å². The zero-order chi connectivity index (χ0) is 12.1. The molecular weight excluding hydrogens is 256 g/mol. The van der Waals surface area contributed by atoms with Crippen LogP contribution in [0.3, 0.4) is 0 Å². The van der Waals surface area contributed by atoms with E-state index in [4.69, 9.17) is 0 Å². The average Bonchev–Trinajstić information content (AvgIpc) is 2.38. The number of nitrogens with zero attached hydrogens (tertiary/aromatic N) is 2. The van der Waals surface area contributed by atoms with Crippen molar-refractivity contribution >= 4 is 23.9 Å². The van der Waals surface area contributed by atoms with Crippen LogP contribution in [0.4, 0.5) is 11.5 Å². The molecule has 0 spiro atoms. The third-order valence-corrected chi connectivity index (χ3v) is 3.00. The summed E-state index contributed by atoms with van der Waals surface area (Å²) in [6.07, 6.45) is 3.78. The number of hydrogen-bond acceptors (Lipinski definition) is 5. The number of pyridine rings is 1. The van der Waals surface area contributed by atoms with Gasteiger partial charge >= 0.3 is 5.69 Å². The quantitative estimate of drug-likeness (QED) is 0.646. The van der Waals surface area contributed by atoms with E-state index < -0.39 is 4.92 Å². The topological polar surface area (TPSA) is 80.1 Å². The Morgan fingerprint density at radius 2 is 2.22 bits per heavy atom. The Morgan fingerprint density at radius 1 is 1.50 bits per heavy atom. The van der Waals surface area contributed by atoms with E-state index in [1.54, 1.807) is 12.3 Å². The van der Waals surface area contributed by atoms with Crippen LogP contribution in [0.5, 0.6) is 0 Å². The summed E-state index contributed by atoms with van der Waals surface area (Å²) in [6, 6.07) is 3.05. The van der Waals surface area contributed by atoms with Gasteiger partial charge < -0.3 is 10.6 Å². The maximum Gasteiger partial charge on any atom is 0.311 e. The summed E-state index contributed by atoms with van der Waals surface area (Å²) in [6.45, 7) is 2.80. The van der Waals surface area contributed by atoms with Gasteiger partial charge in [0.1, 0.15) is 0 Å². The van der Waals surface area contributed by atoms with E-state index in [2.05, 4.69) is 15.6 Å². The highest BCUT2D eigenvalue weighted by molar-refractivity contribution is 5.85. The fourth-order valence-corrected chi connectivity index (χ4v) is 2.01. The van der Waals surface area contributed by atoms with Crippen LogP contribution in [0, 0.1) is 16.0 Å². The van der Waals surface area contributed by atoms with Crippen molar-refractivity contribution in [2.45, 2.75) is 12.8 Å². The summed E-state index contributed by atoms with van der Waals surface area (Å²) in [5, 5.41) is 17.2. The molecule has 1 aromatic rings. The van der Waals surface area contributed by atoms with Gasteiger partial charge in [0.2, 0.25) is 5.82 Å². The standard InChI is InChI=1S/C11H16N4O2.ClH/c16-15(17)10-2-1-5-13-11(10)14-8-9-3-6-12-7-4-9;/h1-2,5,9,12H,3-4,6-8H2,(H,13,14);1H. The summed E-state index contributed by atoms with van der Waals surface area (Å²) in [7, 11) is 0. The predicted octanol–water partition coefficient (Wildman–Crippen LogP) is 1.82. The molecular formula is C11H17ClN4O2. The van der Waals surface area contributed by atoms with Gasteiger partial charge in [-0.15, -0.1) is 12.4 Å². The molecule has 18 heavy (non-hydrogen) atoms. The second-order valence-corrected chi connectivity index (χ2v) is 4.20.